The Bertz CT molecular complexity index is 703. The van der Waals surface area contributed by atoms with Gasteiger partial charge in [0.05, 0.1) is 11.6 Å². The van der Waals surface area contributed by atoms with Gasteiger partial charge >= 0.3 is 0 Å². The van der Waals surface area contributed by atoms with Gasteiger partial charge in [0.2, 0.25) is 0 Å². The van der Waals surface area contributed by atoms with Crippen LogP contribution < -0.4 is 0 Å². The summed E-state index contributed by atoms with van der Waals surface area (Å²) in [6.45, 7) is 6.41. The van der Waals surface area contributed by atoms with Crippen LogP contribution in [0.4, 0.5) is 0 Å². The van der Waals surface area contributed by atoms with Crippen molar-refractivity contribution in [2.24, 2.45) is 5.92 Å². The van der Waals surface area contributed by atoms with E-state index >= 15 is 0 Å². The minimum absolute atomic E-state index is 0.740. The van der Waals surface area contributed by atoms with E-state index in [0.717, 1.165) is 28.5 Å². The molecule has 118 valence electrons. The van der Waals surface area contributed by atoms with E-state index in [9.17, 15) is 5.26 Å². The molecule has 2 aromatic rings. The molecule has 1 aliphatic rings. The predicted octanol–water partition coefficient (Wildman–Crippen LogP) is 6.14. The van der Waals surface area contributed by atoms with E-state index in [1.54, 1.807) is 0 Å². The van der Waals surface area contributed by atoms with Gasteiger partial charge in [0.1, 0.15) is 0 Å². The highest BCUT2D eigenvalue weighted by Gasteiger charge is 2.19. The van der Waals surface area contributed by atoms with Crippen molar-refractivity contribution < 1.29 is 0 Å². The molecule has 0 amide bonds. The summed E-state index contributed by atoms with van der Waals surface area (Å²) in [6, 6.07) is 15.6. The third kappa shape index (κ3) is 3.32. The summed E-state index contributed by atoms with van der Waals surface area (Å²) in [5, 5.41) is 9.21. The number of nitrogens with zero attached hydrogens (tertiary/aromatic N) is 1. The number of aryl methyl sites for hydroxylation is 2. The molecule has 1 aliphatic carbocycles. The summed E-state index contributed by atoms with van der Waals surface area (Å²) in [6.07, 6.45) is 5.38. The summed E-state index contributed by atoms with van der Waals surface area (Å²) in [4.78, 5) is 0. The van der Waals surface area contributed by atoms with Crippen molar-refractivity contribution in [2.45, 2.75) is 52.4 Å². The summed E-state index contributed by atoms with van der Waals surface area (Å²) >= 11 is 0. The molecule has 1 fully saturated rings. The maximum absolute atomic E-state index is 9.21. The molecular weight excluding hydrogens is 278 g/mol. The van der Waals surface area contributed by atoms with E-state index in [1.165, 1.54) is 42.4 Å². The predicted molar refractivity (Wildman–Crippen MR) is 96.4 cm³/mol. The third-order valence-electron chi connectivity index (χ3n) is 5.38. The Kier molecular flexibility index (Phi) is 4.53. The Hall–Kier alpha value is -2.07. The van der Waals surface area contributed by atoms with E-state index in [-0.39, 0.29) is 0 Å². The number of hydrogen-bond donors (Lipinski definition) is 0. The van der Waals surface area contributed by atoms with Crippen LogP contribution in [-0.4, -0.2) is 0 Å². The van der Waals surface area contributed by atoms with Crippen LogP contribution in [0.5, 0.6) is 0 Å². The quantitative estimate of drug-likeness (QED) is 0.654. The minimum atomic E-state index is 0.740. The van der Waals surface area contributed by atoms with Crippen molar-refractivity contribution >= 4 is 0 Å². The first kappa shape index (κ1) is 15.8. The highest BCUT2D eigenvalue weighted by Crippen LogP contribution is 2.36. The first-order chi connectivity index (χ1) is 11.1. The smallest absolute Gasteiger partial charge is 0.0997 e. The van der Waals surface area contributed by atoms with E-state index in [1.807, 2.05) is 13.8 Å². The van der Waals surface area contributed by atoms with E-state index in [2.05, 4.69) is 49.4 Å². The third-order valence-corrected chi connectivity index (χ3v) is 5.38. The SMILES string of the molecule is Cc1cc(-c2ccc(C3CCC(C)CC3)cc2)cc(C)c1C#N. The van der Waals surface area contributed by atoms with Crippen molar-refractivity contribution in [3.8, 4) is 17.2 Å². The van der Waals surface area contributed by atoms with Gasteiger partial charge in [-0.2, -0.15) is 5.26 Å². The second-order valence-corrected chi connectivity index (χ2v) is 7.18. The van der Waals surface area contributed by atoms with Crippen LogP contribution in [-0.2, 0) is 0 Å². The average molecular weight is 303 g/mol. The van der Waals surface area contributed by atoms with Gasteiger partial charge < -0.3 is 0 Å². The molecule has 1 heteroatoms. The lowest BCUT2D eigenvalue weighted by Gasteiger charge is -2.26. The van der Waals surface area contributed by atoms with Crippen LogP contribution in [0.3, 0.4) is 0 Å². The van der Waals surface area contributed by atoms with Gasteiger partial charge in [0.15, 0.2) is 0 Å². The maximum Gasteiger partial charge on any atom is 0.0997 e. The molecule has 1 nitrogen and oxygen atoms in total. The van der Waals surface area contributed by atoms with Crippen molar-refractivity contribution in [2.75, 3.05) is 0 Å². The summed E-state index contributed by atoms with van der Waals surface area (Å²) in [7, 11) is 0. The van der Waals surface area contributed by atoms with Crippen LogP contribution in [0.15, 0.2) is 36.4 Å². The van der Waals surface area contributed by atoms with Crippen molar-refractivity contribution in [1.82, 2.24) is 0 Å². The fourth-order valence-corrected chi connectivity index (χ4v) is 3.85. The molecule has 0 N–H and O–H groups in total. The molecular formula is C22H25N. The molecule has 23 heavy (non-hydrogen) atoms. The molecule has 0 unspecified atom stereocenters. The lowest BCUT2D eigenvalue weighted by molar-refractivity contribution is 0.348. The highest BCUT2D eigenvalue weighted by atomic mass is 14.3. The van der Waals surface area contributed by atoms with Gasteiger partial charge in [0, 0.05) is 0 Å². The van der Waals surface area contributed by atoms with Gasteiger partial charge in [0.25, 0.3) is 0 Å². The first-order valence-corrected chi connectivity index (χ1v) is 8.70. The summed E-state index contributed by atoms with van der Waals surface area (Å²) in [5.41, 5.74) is 6.88. The van der Waals surface area contributed by atoms with Crippen molar-refractivity contribution in [3.63, 3.8) is 0 Å². The molecule has 2 aromatic carbocycles. The zero-order chi connectivity index (χ0) is 16.4. The van der Waals surface area contributed by atoms with Crippen LogP contribution in [0.1, 0.15) is 60.8 Å². The summed E-state index contributed by atoms with van der Waals surface area (Å²) in [5.74, 6) is 1.64. The molecule has 3 rings (SSSR count). The molecule has 0 aliphatic heterocycles. The zero-order valence-electron chi connectivity index (χ0n) is 14.4. The second-order valence-electron chi connectivity index (χ2n) is 7.18. The number of nitriles is 1. The standard InChI is InChI=1S/C22H25N/c1-15-4-6-18(7-5-15)19-8-10-20(11-9-19)21-12-16(2)22(14-23)17(3)13-21/h8-13,15,18H,4-7H2,1-3H3. The maximum atomic E-state index is 9.21. The topological polar surface area (TPSA) is 23.8 Å². The highest BCUT2D eigenvalue weighted by molar-refractivity contribution is 5.67. The minimum Gasteiger partial charge on any atom is -0.192 e. The Balaban J connectivity index is 1.84. The summed E-state index contributed by atoms with van der Waals surface area (Å²) < 4.78 is 0. The normalized spacial score (nSPS) is 21.0. The molecule has 0 atom stereocenters. The van der Waals surface area contributed by atoms with E-state index in [0.29, 0.717) is 0 Å². The van der Waals surface area contributed by atoms with E-state index in [4.69, 9.17) is 0 Å². The number of rotatable bonds is 2. The van der Waals surface area contributed by atoms with Gasteiger partial charge in [-0.25, -0.2) is 0 Å². The number of hydrogen-bond acceptors (Lipinski definition) is 1. The second kappa shape index (κ2) is 6.59. The molecule has 0 aromatic heterocycles. The molecule has 0 saturated heterocycles. The Morgan fingerprint density at radius 1 is 0.870 bits per heavy atom. The van der Waals surface area contributed by atoms with Crippen molar-refractivity contribution in [1.29, 1.82) is 5.26 Å². The molecule has 0 radical (unpaired) electrons. The monoisotopic (exact) mass is 303 g/mol. The fraction of sp³-hybridized carbons (Fsp3) is 0.409. The Morgan fingerprint density at radius 2 is 1.43 bits per heavy atom. The van der Waals surface area contributed by atoms with Gasteiger partial charge in [-0.3, -0.25) is 0 Å². The van der Waals surface area contributed by atoms with Gasteiger partial charge in [-0.1, -0.05) is 56.2 Å². The zero-order valence-corrected chi connectivity index (χ0v) is 14.4. The molecule has 0 heterocycles. The van der Waals surface area contributed by atoms with Gasteiger partial charge in [-0.05, 0) is 66.3 Å². The number of benzene rings is 2. The van der Waals surface area contributed by atoms with Crippen LogP contribution in [0.25, 0.3) is 11.1 Å². The fourth-order valence-electron chi connectivity index (χ4n) is 3.85. The molecule has 0 spiro atoms. The average Bonchev–Trinajstić information content (AvgIpc) is 2.55. The molecule has 0 bridgehead atoms. The first-order valence-electron chi connectivity index (χ1n) is 8.70. The Labute approximate surface area is 140 Å². The lowest BCUT2D eigenvalue weighted by atomic mass is 9.79. The van der Waals surface area contributed by atoms with Gasteiger partial charge in [-0.15, -0.1) is 0 Å². The van der Waals surface area contributed by atoms with Crippen LogP contribution >= 0.6 is 0 Å². The van der Waals surface area contributed by atoms with Crippen LogP contribution in [0, 0.1) is 31.1 Å². The van der Waals surface area contributed by atoms with E-state index < -0.39 is 0 Å². The lowest BCUT2D eigenvalue weighted by Crippen LogP contribution is -2.10. The largest absolute Gasteiger partial charge is 0.192 e. The van der Waals surface area contributed by atoms with Crippen molar-refractivity contribution in [3.05, 3.63) is 58.7 Å². The Morgan fingerprint density at radius 3 is 1.96 bits per heavy atom. The van der Waals surface area contributed by atoms with Crippen LogP contribution in [0.2, 0.25) is 0 Å². The molecule has 1 saturated carbocycles.